The highest BCUT2D eigenvalue weighted by molar-refractivity contribution is 5.77. The van der Waals surface area contributed by atoms with E-state index in [1.54, 1.807) is 0 Å². The molecule has 12 N–H and O–H groups in total. The smallest absolute Gasteiger partial charge is 0.364 e. The number of carbonyl (C=O) groups is 5. The van der Waals surface area contributed by atoms with E-state index in [9.17, 15) is 75.0 Å². The van der Waals surface area contributed by atoms with Gasteiger partial charge in [-0.25, -0.2) is 4.79 Å². The Balaban J connectivity index is 1.73. The molecule has 354 valence electrons. The molecule has 27 nitrogen and oxygen atoms in total. The van der Waals surface area contributed by atoms with Crippen molar-refractivity contribution in [2.45, 2.75) is 162 Å². The van der Waals surface area contributed by atoms with E-state index in [-0.39, 0.29) is 0 Å². The molecule has 21 atom stereocenters. The molecule has 6 saturated heterocycles. The van der Waals surface area contributed by atoms with Crippen molar-refractivity contribution in [1.82, 2.24) is 10.6 Å². The first-order chi connectivity index (χ1) is 29.2. The van der Waals surface area contributed by atoms with Crippen molar-refractivity contribution < 1.29 is 122 Å². The van der Waals surface area contributed by atoms with Crippen LogP contribution in [-0.4, -0.2) is 236 Å². The number of hydrogen-bond acceptors (Lipinski definition) is 24. The van der Waals surface area contributed by atoms with Gasteiger partial charge >= 0.3 is 17.9 Å². The molecular formula is C35H54N2O25. The molecule has 0 aliphatic carbocycles. The normalized spacial score (nSPS) is 43.2. The minimum Gasteiger partial charge on any atom is -0.477 e. The molecule has 8 bridgehead atoms. The van der Waals surface area contributed by atoms with Gasteiger partial charge in [0, 0.05) is 34.1 Å². The highest BCUT2D eigenvalue weighted by atomic mass is 16.8. The van der Waals surface area contributed by atoms with Crippen LogP contribution in [0.5, 0.6) is 0 Å². The van der Waals surface area contributed by atoms with Gasteiger partial charge in [0.05, 0.1) is 32.0 Å². The van der Waals surface area contributed by atoms with Crippen LogP contribution < -0.4 is 10.6 Å². The lowest BCUT2D eigenvalue weighted by Crippen LogP contribution is -2.72. The molecular weight excluding hydrogens is 848 g/mol. The lowest BCUT2D eigenvalue weighted by Gasteiger charge is -2.52. The predicted octanol–water partition coefficient (Wildman–Crippen LogP) is -8.07. The first-order valence-electron chi connectivity index (χ1n) is 19.4. The maximum atomic E-state index is 13.6. The molecule has 0 unspecified atom stereocenters. The monoisotopic (exact) mass is 902 g/mol. The lowest BCUT2D eigenvalue weighted by atomic mass is 9.87. The van der Waals surface area contributed by atoms with Gasteiger partial charge in [0.1, 0.15) is 92.0 Å². The number of aliphatic hydroxyl groups excluding tert-OH is 9. The van der Waals surface area contributed by atoms with Gasteiger partial charge in [0.2, 0.25) is 11.8 Å². The van der Waals surface area contributed by atoms with Gasteiger partial charge in [-0.15, -0.1) is 0 Å². The van der Waals surface area contributed by atoms with Crippen LogP contribution in [0.25, 0.3) is 0 Å². The second-order valence-corrected chi connectivity index (χ2v) is 15.3. The SMILES string of the molecule is CC(=O)N[C@H]1[C@@H]2O[C@@H]3[C@H](O)[C@@H](O)[C@@H](O[C@H]4C[C@@](C(=O)O)(O[C@H]5[C@@H](O)[C@@H](CO)O[C@@H](O[C@H]1[C@@H](O)[C@@H](CO)O2)[C@@H]5O)O[C@@H]([C@H](OC(C)=O)[C@H](O)COC(C)=O)[C@@H]4NC(C)=O)O[C@@H]3CO. The summed E-state index contributed by atoms with van der Waals surface area (Å²) in [5.74, 6) is -9.03. The molecule has 6 rings (SSSR count). The van der Waals surface area contributed by atoms with Crippen LogP contribution in [0, 0.1) is 0 Å². The molecule has 0 spiro atoms. The second kappa shape index (κ2) is 20.7. The summed E-state index contributed by atoms with van der Waals surface area (Å²) in [6, 6.07) is -3.43. The van der Waals surface area contributed by atoms with Gasteiger partial charge in [-0.05, 0) is 0 Å². The number of carbonyl (C=O) groups excluding carboxylic acids is 4. The summed E-state index contributed by atoms with van der Waals surface area (Å²) in [7, 11) is 0. The quantitative estimate of drug-likeness (QED) is 0.0857. The van der Waals surface area contributed by atoms with E-state index < -0.39 is 191 Å². The lowest BCUT2D eigenvalue weighted by molar-refractivity contribution is -0.384. The van der Waals surface area contributed by atoms with Gasteiger partial charge in [-0.3, -0.25) is 19.2 Å². The van der Waals surface area contributed by atoms with Gasteiger partial charge in [0.15, 0.2) is 25.0 Å². The van der Waals surface area contributed by atoms with Crippen molar-refractivity contribution in [3.05, 3.63) is 0 Å². The van der Waals surface area contributed by atoms with Crippen LogP contribution in [0.3, 0.4) is 0 Å². The second-order valence-electron chi connectivity index (χ2n) is 15.3. The Labute approximate surface area is 351 Å². The van der Waals surface area contributed by atoms with Gasteiger partial charge < -0.3 is 109 Å². The number of rotatable bonds is 11. The Bertz CT molecular complexity index is 1590. The number of hydrogen-bond donors (Lipinski definition) is 12. The van der Waals surface area contributed by atoms with E-state index in [0.717, 1.165) is 27.7 Å². The summed E-state index contributed by atoms with van der Waals surface area (Å²) in [6.45, 7) is -0.0323. The summed E-state index contributed by atoms with van der Waals surface area (Å²) in [4.78, 5) is 63.1. The fraction of sp³-hybridized carbons (Fsp3) is 0.857. The number of fused-ring (bicyclic) bond motifs is 2. The molecule has 27 heteroatoms. The van der Waals surface area contributed by atoms with Crippen molar-refractivity contribution in [2.24, 2.45) is 0 Å². The Morgan fingerprint density at radius 1 is 0.629 bits per heavy atom. The fourth-order valence-electron chi connectivity index (χ4n) is 7.95. The highest BCUT2D eigenvalue weighted by Crippen LogP contribution is 2.41. The minimum absolute atomic E-state index is 0.801. The highest BCUT2D eigenvalue weighted by Gasteiger charge is 2.63. The van der Waals surface area contributed by atoms with E-state index in [1.165, 1.54) is 0 Å². The molecule has 6 aliphatic rings. The number of nitrogens with one attached hydrogen (secondary N) is 2. The third kappa shape index (κ3) is 10.6. The van der Waals surface area contributed by atoms with Crippen LogP contribution in [0.15, 0.2) is 0 Å². The van der Waals surface area contributed by atoms with E-state index >= 15 is 0 Å². The van der Waals surface area contributed by atoms with Crippen LogP contribution >= 0.6 is 0 Å². The molecule has 0 aromatic rings. The average molecular weight is 903 g/mol. The van der Waals surface area contributed by atoms with Crippen molar-refractivity contribution in [3.63, 3.8) is 0 Å². The van der Waals surface area contributed by atoms with Gasteiger partial charge in [-0.2, -0.15) is 0 Å². The average Bonchev–Trinajstić information content (AvgIpc) is 3.20. The van der Waals surface area contributed by atoms with E-state index in [0.29, 0.717) is 0 Å². The molecule has 6 aliphatic heterocycles. The molecule has 2 amide bonds. The topological polar surface area (TPSA) is 404 Å². The number of ether oxygens (including phenoxy) is 10. The van der Waals surface area contributed by atoms with E-state index in [1.807, 2.05) is 0 Å². The molecule has 6 heterocycles. The summed E-state index contributed by atoms with van der Waals surface area (Å²) < 4.78 is 57.5. The third-order valence-corrected chi connectivity index (χ3v) is 10.8. The van der Waals surface area contributed by atoms with Gasteiger partial charge in [0.25, 0.3) is 5.79 Å². The molecule has 0 aromatic heterocycles. The van der Waals surface area contributed by atoms with Crippen LogP contribution in [0.1, 0.15) is 34.1 Å². The summed E-state index contributed by atoms with van der Waals surface area (Å²) >= 11 is 0. The number of aliphatic carboxylic acids is 1. The zero-order valence-electron chi connectivity index (χ0n) is 33.7. The maximum absolute atomic E-state index is 13.6. The summed E-state index contributed by atoms with van der Waals surface area (Å²) in [5.41, 5.74) is 0. The summed E-state index contributed by atoms with van der Waals surface area (Å²) in [6.07, 6.45) is -37.1. The molecule has 62 heavy (non-hydrogen) atoms. The van der Waals surface area contributed by atoms with Crippen molar-refractivity contribution in [3.8, 4) is 0 Å². The molecule has 0 radical (unpaired) electrons. The fourth-order valence-corrected chi connectivity index (χ4v) is 7.95. The minimum atomic E-state index is -3.25. The number of carboxylic acids is 1. The number of amides is 2. The first kappa shape index (κ1) is 49.7. The Kier molecular flexibility index (Phi) is 16.6. The third-order valence-electron chi connectivity index (χ3n) is 10.8. The molecule has 0 saturated carbocycles. The number of aliphatic hydroxyl groups is 9. The predicted molar refractivity (Wildman–Crippen MR) is 190 cm³/mol. The van der Waals surface area contributed by atoms with Crippen molar-refractivity contribution >= 4 is 29.7 Å². The number of carboxylic acid groups (broad SMARTS) is 1. The van der Waals surface area contributed by atoms with Crippen LogP contribution in [0.2, 0.25) is 0 Å². The first-order valence-corrected chi connectivity index (χ1v) is 19.4. The van der Waals surface area contributed by atoms with Gasteiger partial charge in [-0.1, -0.05) is 0 Å². The van der Waals surface area contributed by atoms with E-state index in [4.69, 9.17) is 47.4 Å². The van der Waals surface area contributed by atoms with Crippen LogP contribution in [-0.2, 0) is 71.3 Å². The largest absolute Gasteiger partial charge is 0.477 e. The zero-order valence-corrected chi connectivity index (χ0v) is 33.7. The Hall–Kier alpha value is -3.33. The summed E-state index contributed by atoms with van der Waals surface area (Å²) in [5, 5.41) is 116. The number of esters is 2. The Morgan fingerprint density at radius 2 is 1.16 bits per heavy atom. The molecule has 0 aromatic carbocycles. The van der Waals surface area contributed by atoms with Crippen LogP contribution in [0.4, 0.5) is 0 Å². The standard InChI is InChI=1S/C35H54N2O25/c1-10(41)36-19-15-5-35(34(51)52,61-29(19)26(54-13(4)44)14(45)9-53-12(3)43)62-30-22(47)17(7-39)57-33(25(30)50)60-28-20(37-11(2)42)31(56-16(6-38)21(28)46)59-27-18(8-40)58-32(55-15)24(49)23(27)48/h14-33,38-40,45-50H,5-9H2,1-4H3,(H,36,41)(H,37,42)(H,51,52)/t14-,15+,16-,17-,18-,19-,20-,21+,22+,23-,24-,25-,26-,27+,28-,29-,30+,31+,32+,33+,35+/m1/s1. The molecule has 6 fully saturated rings. The Morgan fingerprint density at radius 3 is 1.71 bits per heavy atom. The maximum Gasteiger partial charge on any atom is 0.364 e. The zero-order chi connectivity index (χ0) is 46.0. The van der Waals surface area contributed by atoms with E-state index in [2.05, 4.69) is 10.6 Å². The van der Waals surface area contributed by atoms with Crippen molar-refractivity contribution in [2.75, 3.05) is 26.4 Å². The van der Waals surface area contributed by atoms with Crippen molar-refractivity contribution in [1.29, 1.82) is 0 Å².